The van der Waals surface area contributed by atoms with Crippen LogP contribution in [0.1, 0.15) is 33.4 Å². The van der Waals surface area contributed by atoms with Gasteiger partial charge in [-0.1, -0.05) is 200 Å². The minimum atomic E-state index is -0.500. The van der Waals surface area contributed by atoms with Gasteiger partial charge in [-0.2, -0.15) is 0 Å². The summed E-state index contributed by atoms with van der Waals surface area (Å²) in [6.07, 6.45) is 0. The van der Waals surface area contributed by atoms with Crippen molar-refractivity contribution in [1.82, 2.24) is 0 Å². The molecule has 2 aliphatic rings. The predicted octanol–water partition coefficient (Wildman–Crippen LogP) is 16.8. The lowest BCUT2D eigenvalue weighted by atomic mass is 9.66. The number of hydrogen-bond acceptors (Lipinski definition) is 1. The first kappa shape index (κ1) is 37.7. The van der Waals surface area contributed by atoms with E-state index in [1.54, 1.807) is 0 Å². The summed E-state index contributed by atoms with van der Waals surface area (Å²) in [6, 6.07) is 87.5. The first-order valence-electron chi connectivity index (χ1n) is 22.3. The predicted molar refractivity (Wildman–Crippen MR) is 269 cm³/mol. The van der Waals surface area contributed by atoms with Crippen LogP contribution in [0.15, 0.2) is 237 Å². The highest BCUT2D eigenvalue weighted by Gasteiger charge is 2.50. The molecule has 12 rings (SSSR count). The summed E-state index contributed by atoms with van der Waals surface area (Å²) in [5.41, 5.74) is 25.9. The Balaban J connectivity index is 0.963. The van der Waals surface area contributed by atoms with Gasteiger partial charge in [0.25, 0.3) is 0 Å². The highest BCUT2D eigenvalue weighted by Crippen LogP contribution is 2.62. The number of anilines is 3. The zero-order chi connectivity index (χ0) is 42.8. The van der Waals surface area contributed by atoms with Crippen LogP contribution in [0, 0.1) is 13.8 Å². The van der Waals surface area contributed by atoms with E-state index < -0.39 is 5.41 Å². The Hall–Kier alpha value is -8.00. The molecule has 10 aromatic rings. The van der Waals surface area contributed by atoms with Crippen molar-refractivity contribution in [2.45, 2.75) is 19.3 Å². The van der Waals surface area contributed by atoms with Gasteiger partial charge in [-0.05, 0) is 150 Å². The zero-order valence-corrected chi connectivity index (χ0v) is 36.0. The molecule has 0 radical (unpaired) electrons. The number of hydrogen-bond donors (Lipinski definition) is 0. The van der Waals surface area contributed by atoms with Crippen molar-refractivity contribution in [3.05, 3.63) is 270 Å². The standard InChI is InChI=1S/C63H45N/c1-42-40-46(34-38-50(42)51-39-37-49(41-43(51)2)64(47-20-7-4-8-21-47)48-35-32-45(33-36-48)44-18-5-3-6-19-44)52-27-17-31-61-62(52)57-26-13-16-30-60(57)63(61)58-28-14-11-24-55(58)53-22-9-10-23-54(53)56-25-12-15-29-59(56)63/h3-41H,1-2H3. The number of benzene rings is 10. The Morgan fingerprint density at radius 3 is 1.30 bits per heavy atom. The van der Waals surface area contributed by atoms with E-state index in [0.29, 0.717) is 0 Å². The average Bonchev–Trinajstić information content (AvgIpc) is 3.60. The first-order valence-corrected chi connectivity index (χ1v) is 22.3. The third-order valence-electron chi connectivity index (χ3n) is 13.8. The Morgan fingerprint density at radius 2 is 0.688 bits per heavy atom. The van der Waals surface area contributed by atoms with Crippen molar-refractivity contribution < 1.29 is 0 Å². The van der Waals surface area contributed by atoms with Crippen molar-refractivity contribution in [2.75, 3.05) is 4.90 Å². The molecule has 0 heterocycles. The topological polar surface area (TPSA) is 3.24 Å². The van der Waals surface area contributed by atoms with Gasteiger partial charge in [-0.15, -0.1) is 0 Å². The third-order valence-corrected chi connectivity index (χ3v) is 13.8. The largest absolute Gasteiger partial charge is 0.310 e. The van der Waals surface area contributed by atoms with Gasteiger partial charge < -0.3 is 4.90 Å². The summed E-state index contributed by atoms with van der Waals surface area (Å²) in [6.45, 7) is 4.51. The second-order valence-corrected chi connectivity index (χ2v) is 17.3. The van der Waals surface area contributed by atoms with E-state index >= 15 is 0 Å². The summed E-state index contributed by atoms with van der Waals surface area (Å²) >= 11 is 0. The van der Waals surface area contributed by atoms with Crippen molar-refractivity contribution in [2.24, 2.45) is 0 Å². The lowest BCUT2D eigenvalue weighted by Gasteiger charge is -2.35. The monoisotopic (exact) mass is 815 g/mol. The van der Waals surface area contributed by atoms with E-state index in [9.17, 15) is 0 Å². The molecular formula is C63H45N. The van der Waals surface area contributed by atoms with Crippen molar-refractivity contribution in [3.8, 4) is 66.8 Å². The molecular weight excluding hydrogens is 771 g/mol. The maximum absolute atomic E-state index is 2.40. The SMILES string of the molecule is Cc1cc(-c2cccc3c2-c2ccccc2C32c3ccccc3-c3ccccc3-c3ccccc32)ccc1-c1ccc(N(c2ccccc2)c2ccc(-c3ccccc3)cc2)cc1C. The van der Waals surface area contributed by atoms with Crippen molar-refractivity contribution in [1.29, 1.82) is 0 Å². The average molecular weight is 816 g/mol. The molecule has 2 aliphatic carbocycles. The fourth-order valence-electron chi connectivity index (χ4n) is 11.0. The van der Waals surface area contributed by atoms with E-state index in [2.05, 4.69) is 255 Å². The maximum atomic E-state index is 2.40. The van der Waals surface area contributed by atoms with Gasteiger partial charge in [-0.25, -0.2) is 0 Å². The zero-order valence-electron chi connectivity index (χ0n) is 36.0. The van der Waals surface area contributed by atoms with Crippen LogP contribution >= 0.6 is 0 Å². The second kappa shape index (κ2) is 15.1. The van der Waals surface area contributed by atoms with Gasteiger partial charge in [0, 0.05) is 17.1 Å². The molecule has 10 aromatic carbocycles. The van der Waals surface area contributed by atoms with Crippen LogP contribution in [0.5, 0.6) is 0 Å². The van der Waals surface area contributed by atoms with Crippen LogP contribution < -0.4 is 4.90 Å². The maximum Gasteiger partial charge on any atom is 0.0725 e. The Bertz CT molecular complexity index is 3330. The van der Waals surface area contributed by atoms with E-state index in [0.717, 1.165) is 17.1 Å². The Morgan fingerprint density at radius 1 is 0.266 bits per heavy atom. The van der Waals surface area contributed by atoms with Crippen LogP contribution in [0.4, 0.5) is 17.1 Å². The molecule has 0 fully saturated rings. The van der Waals surface area contributed by atoms with Crippen LogP contribution in [0.25, 0.3) is 66.8 Å². The van der Waals surface area contributed by atoms with Crippen molar-refractivity contribution >= 4 is 17.1 Å². The molecule has 0 N–H and O–H groups in total. The van der Waals surface area contributed by atoms with E-state index in [-0.39, 0.29) is 0 Å². The highest BCUT2D eigenvalue weighted by molar-refractivity contribution is 6.01. The van der Waals surface area contributed by atoms with Gasteiger partial charge in [0.1, 0.15) is 0 Å². The lowest BCUT2D eigenvalue weighted by molar-refractivity contribution is 0.775. The number of rotatable bonds is 6. The Labute approximate surface area is 376 Å². The molecule has 0 amide bonds. The summed E-state index contributed by atoms with van der Waals surface area (Å²) in [5, 5.41) is 0. The molecule has 0 aliphatic heterocycles. The van der Waals surface area contributed by atoms with E-state index in [1.165, 1.54) is 100 Å². The molecule has 0 bridgehead atoms. The molecule has 0 atom stereocenters. The van der Waals surface area contributed by atoms with Gasteiger partial charge in [-0.3, -0.25) is 0 Å². The minimum Gasteiger partial charge on any atom is -0.310 e. The lowest BCUT2D eigenvalue weighted by Crippen LogP contribution is -2.29. The minimum absolute atomic E-state index is 0.500. The smallest absolute Gasteiger partial charge is 0.0725 e. The van der Waals surface area contributed by atoms with Crippen LogP contribution in [-0.2, 0) is 5.41 Å². The quantitative estimate of drug-likeness (QED) is 0.162. The third kappa shape index (κ3) is 5.78. The van der Waals surface area contributed by atoms with Gasteiger partial charge in [0.15, 0.2) is 0 Å². The summed E-state index contributed by atoms with van der Waals surface area (Å²) in [7, 11) is 0. The summed E-state index contributed by atoms with van der Waals surface area (Å²) < 4.78 is 0. The summed E-state index contributed by atoms with van der Waals surface area (Å²) in [5.74, 6) is 0. The van der Waals surface area contributed by atoms with Crippen LogP contribution in [-0.4, -0.2) is 0 Å². The number of fused-ring (bicyclic) bond motifs is 12. The molecule has 0 aromatic heterocycles. The van der Waals surface area contributed by atoms with Gasteiger partial charge in [0.2, 0.25) is 0 Å². The molecule has 1 nitrogen and oxygen atoms in total. The number of para-hydroxylation sites is 1. The molecule has 0 saturated heterocycles. The van der Waals surface area contributed by atoms with E-state index in [4.69, 9.17) is 0 Å². The molecule has 1 heteroatoms. The van der Waals surface area contributed by atoms with Crippen LogP contribution in [0.2, 0.25) is 0 Å². The van der Waals surface area contributed by atoms with Crippen LogP contribution in [0.3, 0.4) is 0 Å². The second-order valence-electron chi connectivity index (χ2n) is 17.3. The van der Waals surface area contributed by atoms with E-state index in [1.807, 2.05) is 0 Å². The summed E-state index contributed by atoms with van der Waals surface area (Å²) in [4.78, 5) is 2.35. The molecule has 1 spiro atoms. The molecule has 0 saturated carbocycles. The fourth-order valence-corrected chi connectivity index (χ4v) is 11.0. The molecule has 64 heavy (non-hydrogen) atoms. The fraction of sp³-hybridized carbons (Fsp3) is 0.0476. The Kier molecular flexibility index (Phi) is 8.91. The highest BCUT2D eigenvalue weighted by atomic mass is 15.1. The molecule has 302 valence electrons. The van der Waals surface area contributed by atoms with Crippen molar-refractivity contribution in [3.63, 3.8) is 0 Å². The first-order chi connectivity index (χ1) is 31.6. The normalized spacial score (nSPS) is 12.7. The van der Waals surface area contributed by atoms with Gasteiger partial charge in [0.05, 0.1) is 5.41 Å². The number of aryl methyl sites for hydroxylation is 2. The van der Waals surface area contributed by atoms with Gasteiger partial charge >= 0.3 is 0 Å². The number of nitrogens with zero attached hydrogens (tertiary/aromatic N) is 1. The molecule has 0 unspecified atom stereocenters.